The van der Waals surface area contributed by atoms with Gasteiger partial charge < -0.3 is 5.32 Å². The van der Waals surface area contributed by atoms with Gasteiger partial charge in [-0.2, -0.15) is 4.31 Å². The molecule has 1 aromatic carbocycles. The number of aromatic nitrogens is 3. The summed E-state index contributed by atoms with van der Waals surface area (Å²) in [5.41, 5.74) is 2.54. The van der Waals surface area contributed by atoms with Crippen molar-refractivity contribution in [1.82, 2.24) is 18.8 Å². The van der Waals surface area contributed by atoms with Gasteiger partial charge in [0, 0.05) is 12.7 Å². The van der Waals surface area contributed by atoms with Crippen LogP contribution < -0.4 is 5.32 Å². The van der Waals surface area contributed by atoms with Crippen molar-refractivity contribution in [2.24, 2.45) is 0 Å². The summed E-state index contributed by atoms with van der Waals surface area (Å²) < 4.78 is 28.4. The molecule has 9 heteroatoms. The second-order valence-corrected chi connectivity index (χ2v) is 8.29. The van der Waals surface area contributed by atoms with Crippen molar-refractivity contribution < 1.29 is 13.2 Å². The summed E-state index contributed by atoms with van der Waals surface area (Å²) in [6.45, 7) is 1.89. The highest BCUT2D eigenvalue weighted by atomic mass is 32.2. The number of hydrogen-bond donors (Lipinski definition) is 1. The number of benzene rings is 1. The highest BCUT2D eigenvalue weighted by Crippen LogP contribution is 2.30. The molecule has 0 radical (unpaired) electrons. The van der Waals surface area contributed by atoms with Crippen molar-refractivity contribution in [2.45, 2.75) is 18.4 Å². The van der Waals surface area contributed by atoms with Crippen molar-refractivity contribution >= 4 is 21.6 Å². The summed E-state index contributed by atoms with van der Waals surface area (Å²) in [6, 6.07) is 10.2. The number of sulfonamides is 1. The monoisotopic (exact) mass is 383 g/mol. The molecule has 0 aliphatic carbocycles. The highest BCUT2D eigenvalue weighted by molar-refractivity contribution is 7.89. The Balaban J connectivity index is 1.78. The lowest BCUT2D eigenvalue weighted by Crippen LogP contribution is -2.26. The fourth-order valence-electron chi connectivity index (χ4n) is 2.99. The lowest BCUT2D eigenvalue weighted by atomic mass is 10.2. The Hall–Kier alpha value is -3.04. The molecule has 8 nitrogen and oxygen atoms in total. The van der Waals surface area contributed by atoms with Gasteiger partial charge in [0.25, 0.3) is 5.91 Å². The Labute approximate surface area is 156 Å². The van der Waals surface area contributed by atoms with E-state index in [1.54, 1.807) is 47.2 Å². The van der Waals surface area contributed by atoms with Gasteiger partial charge in [-0.05, 0) is 31.2 Å². The third-order valence-corrected chi connectivity index (χ3v) is 6.29. The number of anilines is 1. The van der Waals surface area contributed by atoms with Crippen LogP contribution in [0.4, 0.5) is 5.69 Å². The van der Waals surface area contributed by atoms with Crippen LogP contribution in [0.5, 0.6) is 0 Å². The Bertz CT molecular complexity index is 1140. The first-order chi connectivity index (χ1) is 12.9. The third kappa shape index (κ3) is 2.90. The van der Waals surface area contributed by atoms with E-state index in [-0.39, 0.29) is 17.1 Å². The number of carbonyl (C=O) groups is 1. The van der Waals surface area contributed by atoms with Gasteiger partial charge in [-0.3, -0.25) is 14.3 Å². The number of nitrogens with zero attached hydrogens (tertiary/aromatic N) is 4. The zero-order valence-electron chi connectivity index (χ0n) is 14.7. The van der Waals surface area contributed by atoms with E-state index >= 15 is 0 Å². The molecular weight excluding hydrogens is 366 g/mol. The fraction of sp³-hybridized carbons (Fsp3) is 0.167. The molecule has 3 aromatic rings. The maximum absolute atomic E-state index is 12.8. The lowest BCUT2D eigenvalue weighted by Gasteiger charge is -2.14. The van der Waals surface area contributed by atoms with Crippen LogP contribution in [0, 0.1) is 6.92 Å². The fourth-order valence-corrected chi connectivity index (χ4v) is 4.30. The average Bonchev–Trinajstić information content (AvgIpc) is 3.04. The molecule has 0 unspecified atom stereocenters. The topological polar surface area (TPSA) is 97.2 Å². The maximum Gasteiger partial charge on any atom is 0.276 e. The largest absolute Gasteiger partial charge is 0.319 e. The average molecular weight is 383 g/mol. The number of amides is 1. The molecule has 138 valence electrons. The van der Waals surface area contributed by atoms with Crippen molar-refractivity contribution in [1.29, 1.82) is 0 Å². The minimum atomic E-state index is -3.66. The number of rotatable bonds is 2. The molecule has 0 spiro atoms. The van der Waals surface area contributed by atoms with E-state index in [4.69, 9.17) is 0 Å². The Kier molecular flexibility index (Phi) is 4.05. The molecule has 1 N–H and O–H groups in total. The molecule has 1 amide bonds. The van der Waals surface area contributed by atoms with Crippen molar-refractivity contribution in [3.63, 3.8) is 0 Å². The van der Waals surface area contributed by atoms with E-state index in [0.29, 0.717) is 17.1 Å². The van der Waals surface area contributed by atoms with Gasteiger partial charge in [-0.1, -0.05) is 12.1 Å². The molecule has 0 atom stereocenters. The van der Waals surface area contributed by atoms with Gasteiger partial charge in [0.1, 0.15) is 11.2 Å². The predicted molar refractivity (Wildman–Crippen MR) is 99.1 cm³/mol. The normalized spacial score (nSPS) is 15.5. The summed E-state index contributed by atoms with van der Waals surface area (Å²) in [4.78, 5) is 21.3. The summed E-state index contributed by atoms with van der Waals surface area (Å²) >= 11 is 0. The predicted octanol–water partition coefficient (Wildman–Crippen LogP) is 1.96. The number of carbonyl (C=O) groups excluding carboxylic acids is 1. The number of pyridine rings is 1. The van der Waals surface area contributed by atoms with E-state index in [1.165, 1.54) is 17.7 Å². The number of imidazole rings is 1. The van der Waals surface area contributed by atoms with Crippen molar-refractivity contribution in [3.05, 3.63) is 66.0 Å². The molecular formula is C18H17N5O3S. The van der Waals surface area contributed by atoms with Crippen LogP contribution in [0.1, 0.15) is 21.9 Å². The van der Waals surface area contributed by atoms with Gasteiger partial charge in [0.05, 0.1) is 29.8 Å². The first-order valence-electron chi connectivity index (χ1n) is 8.24. The van der Waals surface area contributed by atoms with Crippen LogP contribution in [0.3, 0.4) is 0 Å². The van der Waals surface area contributed by atoms with Crippen molar-refractivity contribution in [2.75, 3.05) is 12.4 Å². The molecule has 2 aromatic heterocycles. The molecule has 1 aliphatic rings. The smallest absolute Gasteiger partial charge is 0.276 e. The van der Waals surface area contributed by atoms with Gasteiger partial charge >= 0.3 is 0 Å². The van der Waals surface area contributed by atoms with E-state index in [0.717, 1.165) is 5.69 Å². The van der Waals surface area contributed by atoms with Gasteiger partial charge in [0.15, 0.2) is 5.69 Å². The van der Waals surface area contributed by atoms with Crippen molar-refractivity contribution in [3.8, 4) is 5.69 Å². The van der Waals surface area contributed by atoms with E-state index < -0.39 is 15.9 Å². The zero-order chi connectivity index (χ0) is 19.2. The van der Waals surface area contributed by atoms with E-state index in [2.05, 4.69) is 15.3 Å². The molecule has 0 saturated heterocycles. The third-order valence-electron chi connectivity index (χ3n) is 4.44. The molecule has 27 heavy (non-hydrogen) atoms. The molecule has 0 fully saturated rings. The summed E-state index contributed by atoms with van der Waals surface area (Å²) in [6.07, 6.45) is 3.04. The summed E-state index contributed by atoms with van der Waals surface area (Å²) in [5.74, 6) is -0.417. The summed E-state index contributed by atoms with van der Waals surface area (Å²) in [7, 11) is -2.17. The first-order valence-corrected chi connectivity index (χ1v) is 9.68. The number of para-hydroxylation sites is 1. The number of nitrogens with one attached hydrogen (secondary N) is 1. The highest BCUT2D eigenvalue weighted by Gasteiger charge is 2.32. The molecule has 0 saturated carbocycles. The molecule has 1 aliphatic heterocycles. The van der Waals surface area contributed by atoms with Crippen LogP contribution >= 0.6 is 0 Å². The molecule has 3 heterocycles. The van der Waals surface area contributed by atoms with Crippen LogP contribution in [-0.2, 0) is 16.6 Å². The van der Waals surface area contributed by atoms with Crippen LogP contribution in [0.15, 0.2) is 53.8 Å². The van der Waals surface area contributed by atoms with Crippen LogP contribution in [-0.4, -0.2) is 40.2 Å². The Morgan fingerprint density at radius 3 is 2.67 bits per heavy atom. The van der Waals surface area contributed by atoms with E-state index in [9.17, 15) is 13.2 Å². The molecule has 0 bridgehead atoms. The van der Waals surface area contributed by atoms with Gasteiger partial charge in [0.2, 0.25) is 10.0 Å². The van der Waals surface area contributed by atoms with Crippen LogP contribution in [0.2, 0.25) is 0 Å². The minimum Gasteiger partial charge on any atom is -0.319 e. The number of hydrogen-bond acceptors (Lipinski definition) is 5. The van der Waals surface area contributed by atoms with Crippen LogP contribution in [0.25, 0.3) is 5.69 Å². The van der Waals surface area contributed by atoms with E-state index in [1.807, 2.05) is 6.92 Å². The second kappa shape index (κ2) is 6.29. The second-order valence-electron chi connectivity index (χ2n) is 6.28. The minimum absolute atomic E-state index is 0.0336. The van der Waals surface area contributed by atoms with Gasteiger partial charge in [-0.15, -0.1) is 0 Å². The number of fused-ring (bicyclic) bond motifs is 3. The quantitative estimate of drug-likeness (QED) is 0.730. The standard InChI is InChI=1S/C18H17N5O3S/c1-12-7-8-13(9-19-12)21-18(24)17-15-10-22(2)27(25,26)16-6-4-3-5-14(16)23(15)11-20-17/h3-9,11H,10H2,1-2H3,(H,21,24). The SMILES string of the molecule is Cc1ccc(NC(=O)c2ncn3c2CN(C)S(=O)(=O)c2ccccc2-3)cn1. The molecule has 4 rings (SSSR count). The summed E-state index contributed by atoms with van der Waals surface area (Å²) in [5, 5.41) is 2.76. The Morgan fingerprint density at radius 2 is 1.93 bits per heavy atom. The number of aryl methyl sites for hydroxylation is 1. The Morgan fingerprint density at radius 1 is 1.15 bits per heavy atom. The first kappa shape index (κ1) is 17.4. The van der Waals surface area contributed by atoms with Gasteiger partial charge in [-0.25, -0.2) is 13.4 Å². The zero-order valence-corrected chi connectivity index (χ0v) is 15.6. The maximum atomic E-state index is 12.8. The lowest BCUT2D eigenvalue weighted by molar-refractivity contribution is 0.102.